The number of nitrogens with one attached hydrogen (secondary N) is 1. The number of aromatic nitrogens is 2. The third-order valence-electron chi connectivity index (χ3n) is 3.01. The average molecular weight is 259 g/mol. The predicted octanol–water partition coefficient (Wildman–Crippen LogP) is 1.90. The molecule has 1 aromatic carbocycles. The van der Waals surface area contributed by atoms with Gasteiger partial charge in [-0.05, 0) is 29.7 Å². The van der Waals surface area contributed by atoms with Crippen LogP contribution in [0.2, 0.25) is 0 Å². The summed E-state index contributed by atoms with van der Waals surface area (Å²) in [7, 11) is 3.66. The minimum atomic E-state index is 0.675. The minimum Gasteiger partial charge on any atom is -0.380 e. The molecule has 0 saturated carbocycles. The molecule has 4 nitrogen and oxygen atoms in total. The van der Waals surface area contributed by atoms with Crippen LogP contribution in [0.3, 0.4) is 0 Å². The Morgan fingerprint density at radius 2 is 1.89 bits per heavy atom. The highest BCUT2D eigenvalue weighted by Crippen LogP contribution is 2.05. The molecule has 0 saturated heterocycles. The SMILES string of the molecule is COCc1ccc(CNCCc2cnn(C)c2)cc1. The van der Waals surface area contributed by atoms with E-state index in [0.29, 0.717) is 6.61 Å². The molecule has 0 fully saturated rings. The standard InChI is InChI=1S/C15H21N3O/c1-18-11-15(10-17-18)7-8-16-9-13-3-5-14(6-4-13)12-19-2/h3-6,10-11,16H,7-9,12H2,1-2H3. The van der Waals surface area contributed by atoms with Gasteiger partial charge in [0.05, 0.1) is 12.8 Å². The number of nitrogens with zero attached hydrogens (tertiary/aromatic N) is 2. The molecule has 1 heterocycles. The van der Waals surface area contributed by atoms with Gasteiger partial charge in [0.25, 0.3) is 0 Å². The molecule has 0 aliphatic rings. The van der Waals surface area contributed by atoms with Gasteiger partial charge in [-0.3, -0.25) is 4.68 Å². The number of rotatable bonds is 7. The molecule has 1 aromatic heterocycles. The zero-order valence-electron chi connectivity index (χ0n) is 11.6. The summed E-state index contributed by atoms with van der Waals surface area (Å²) in [6.07, 6.45) is 4.98. The third-order valence-corrected chi connectivity index (χ3v) is 3.01. The van der Waals surface area contributed by atoms with Gasteiger partial charge in [0.15, 0.2) is 0 Å². The van der Waals surface area contributed by atoms with Gasteiger partial charge in [-0.2, -0.15) is 5.10 Å². The van der Waals surface area contributed by atoms with Crippen LogP contribution in [0, 0.1) is 0 Å². The molecule has 2 rings (SSSR count). The van der Waals surface area contributed by atoms with Gasteiger partial charge in [-0.1, -0.05) is 24.3 Å². The van der Waals surface area contributed by atoms with E-state index < -0.39 is 0 Å². The maximum absolute atomic E-state index is 5.09. The number of aryl methyl sites for hydroxylation is 1. The summed E-state index contributed by atoms with van der Waals surface area (Å²) in [5.74, 6) is 0. The smallest absolute Gasteiger partial charge is 0.0713 e. The summed E-state index contributed by atoms with van der Waals surface area (Å²) >= 11 is 0. The normalized spacial score (nSPS) is 10.8. The van der Waals surface area contributed by atoms with Gasteiger partial charge in [-0.25, -0.2) is 0 Å². The Morgan fingerprint density at radius 1 is 1.16 bits per heavy atom. The summed E-state index contributed by atoms with van der Waals surface area (Å²) < 4.78 is 6.93. The lowest BCUT2D eigenvalue weighted by Gasteiger charge is -2.05. The average Bonchev–Trinajstić information content (AvgIpc) is 2.83. The van der Waals surface area contributed by atoms with E-state index >= 15 is 0 Å². The topological polar surface area (TPSA) is 39.1 Å². The van der Waals surface area contributed by atoms with E-state index in [2.05, 4.69) is 40.9 Å². The molecule has 19 heavy (non-hydrogen) atoms. The van der Waals surface area contributed by atoms with Crippen molar-refractivity contribution in [1.29, 1.82) is 0 Å². The second-order valence-electron chi connectivity index (χ2n) is 4.70. The molecule has 102 valence electrons. The van der Waals surface area contributed by atoms with Gasteiger partial charge in [0, 0.05) is 26.9 Å². The molecular weight excluding hydrogens is 238 g/mol. The first-order valence-corrected chi connectivity index (χ1v) is 6.53. The summed E-state index contributed by atoms with van der Waals surface area (Å²) in [4.78, 5) is 0. The zero-order chi connectivity index (χ0) is 13.5. The number of hydrogen-bond acceptors (Lipinski definition) is 3. The van der Waals surface area contributed by atoms with Crippen LogP contribution in [-0.4, -0.2) is 23.4 Å². The number of ether oxygens (including phenoxy) is 1. The lowest BCUT2D eigenvalue weighted by molar-refractivity contribution is 0.185. The van der Waals surface area contributed by atoms with Crippen molar-refractivity contribution < 1.29 is 4.74 Å². The lowest BCUT2D eigenvalue weighted by Crippen LogP contribution is -2.16. The quantitative estimate of drug-likeness (QED) is 0.772. The summed E-state index contributed by atoms with van der Waals surface area (Å²) in [5.41, 5.74) is 3.78. The monoisotopic (exact) mass is 259 g/mol. The van der Waals surface area contributed by atoms with Crippen molar-refractivity contribution in [1.82, 2.24) is 15.1 Å². The van der Waals surface area contributed by atoms with Gasteiger partial charge in [-0.15, -0.1) is 0 Å². The summed E-state index contributed by atoms with van der Waals surface area (Å²) in [6.45, 7) is 2.54. The van der Waals surface area contributed by atoms with Crippen molar-refractivity contribution in [2.24, 2.45) is 7.05 Å². The van der Waals surface area contributed by atoms with Crippen LogP contribution in [-0.2, 0) is 31.4 Å². The van der Waals surface area contributed by atoms with Crippen LogP contribution in [0.4, 0.5) is 0 Å². The molecule has 0 atom stereocenters. The summed E-state index contributed by atoms with van der Waals surface area (Å²) in [5, 5.41) is 7.60. The van der Waals surface area contributed by atoms with Crippen molar-refractivity contribution in [2.45, 2.75) is 19.6 Å². The van der Waals surface area contributed by atoms with Crippen LogP contribution in [0.15, 0.2) is 36.7 Å². The molecule has 4 heteroatoms. The van der Waals surface area contributed by atoms with Crippen molar-refractivity contribution in [3.63, 3.8) is 0 Å². The van der Waals surface area contributed by atoms with Gasteiger partial charge in [0.1, 0.15) is 0 Å². The Bertz CT molecular complexity index is 490. The van der Waals surface area contributed by atoms with Crippen LogP contribution in [0.5, 0.6) is 0 Å². The van der Waals surface area contributed by atoms with E-state index in [9.17, 15) is 0 Å². The molecule has 0 amide bonds. The van der Waals surface area contributed by atoms with Crippen LogP contribution in [0.25, 0.3) is 0 Å². The second kappa shape index (κ2) is 7.07. The molecule has 1 N–H and O–H groups in total. The Balaban J connectivity index is 1.70. The van der Waals surface area contributed by atoms with E-state index in [4.69, 9.17) is 4.74 Å². The Morgan fingerprint density at radius 3 is 2.53 bits per heavy atom. The van der Waals surface area contributed by atoms with Crippen molar-refractivity contribution >= 4 is 0 Å². The first-order chi connectivity index (χ1) is 9.28. The maximum atomic E-state index is 5.09. The molecule has 0 aliphatic heterocycles. The molecule has 0 spiro atoms. The van der Waals surface area contributed by atoms with Gasteiger partial charge >= 0.3 is 0 Å². The number of hydrogen-bond donors (Lipinski definition) is 1. The number of methoxy groups -OCH3 is 1. The molecule has 2 aromatic rings. The van der Waals surface area contributed by atoms with E-state index in [1.807, 2.05) is 17.9 Å². The van der Waals surface area contributed by atoms with E-state index in [0.717, 1.165) is 19.5 Å². The maximum Gasteiger partial charge on any atom is 0.0713 e. The predicted molar refractivity (Wildman–Crippen MR) is 75.8 cm³/mol. The first-order valence-electron chi connectivity index (χ1n) is 6.53. The molecule has 0 bridgehead atoms. The summed E-state index contributed by atoms with van der Waals surface area (Å²) in [6, 6.07) is 8.51. The highest BCUT2D eigenvalue weighted by Gasteiger charge is 1.97. The Hall–Kier alpha value is -1.65. The van der Waals surface area contributed by atoms with Crippen molar-refractivity contribution in [3.05, 3.63) is 53.3 Å². The fourth-order valence-corrected chi connectivity index (χ4v) is 1.99. The molecule has 0 radical (unpaired) electrons. The highest BCUT2D eigenvalue weighted by atomic mass is 16.5. The lowest BCUT2D eigenvalue weighted by atomic mass is 10.1. The zero-order valence-corrected chi connectivity index (χ0v) is 11.6. The largest absolute Gasteiger partial charge is 0.380 e. The van der Waals surface area contributed by atoms with Crippen molar-refractivity contribution in [3.8, 4) is 0 Å². The highest BCUT2D eigenvalue weighted by molar-refractivity contribution is 5.21. The van der Waals surface area contributed by atoms with Gasteiger partial charge < -0.3 is 10.1 Å². The fraction of sp³-hybridized carbons (Fsp3) is 0.400. The Labute approximate surface area is 114 Å². The van der Waals surface area contributed by atoms with Crippen molar-refractivity contribution in [2.75, 3.05) is 13.7 Å². The van der Waals surface area contributed by atoms with Crippen LogP contribution in [0.1, 0.15) is 16.7 Å². The van der Waals surface area contributed by atoms with Crippen LogP contribution < -0.4 is 5.32 Å². The molecule has 0 unspecified atom stereocenters. The Kier molecular flexibility index (Phi) is 5.12. The van der Waals surface area contributed by atoms with Crippen LogP contribution >= 0.6 is 0 Å². The first kappa shape index (κ1) is 13.8. The minimum absolute atomic E-state index is 0.675. The van der Waals surface area contributed by atoms with E-state index in [1.54, 1.807) is 7.11 Å². The third kappa shape index (κ3) is 4.50. The second-order valence-corrected chi connectivity index (χ2v) is 4.70. The van der Waals surface area contributed by atoms with E-state index in [-0.39, 0.29) is 0 Å². The fourth-order valence-electron chi connectivity index (χ4n) is 1.99. The number of benzene rings is 1. The molecular formula is C15H21N3O. The van der Waals surface area contributed by atoms with Gasteiger partial charge in [0.2, 0.25) is 0 Å². The van der Waals surface area contributed by atoms with E-state index in [1.165, 1.54) is 16.7 Å². The molecule has 0 aliphatic carbocycles.